The van der Waals surface area contributed by atoms with Crippen LogP contribution in [0.5, 0.6) is 0 Å². The average Bonchev–Trinajstić information content (AvgIpc) is 3.09. The first-order chi connectivity index (χ1) is 11.3. The molecule has 1 aromatic carbocycles. The molecular weight excluding hydrogens is 308 g/mol. The summed E-state index contributed by atoms with van der Waals surface area (Å²) in [5.41, 5.74) is 0.632. The second-order valence-electron chi connectivity index (χ2n) is 5.26. The van der Waals surface area contributed by atoms with E-state index in [9.17, 15) is 9.59 Å². The molecule has 0 saturated carbocycles. The van der Waals surface area contributed by atoms with Crippen LogP contribution in [-0.2, 0) is 11.2 Å². The van der Waals surface area contributed by atoms with Crippen LogP contribution in [-0.4, -0.2) is 24.9 Å². The molecule has 0 spiro atoms. The summed E-state index contributed by atoms with van der Waals surface area (Å²) in [6, 6.07) is 13.2. The minimum atomic E-state index is -0.115. The summed E-state index contributed by atoms with van der Waals surface area (Å²) in [6.45, 7) is 0.900. The molecule has 2 rings (SSSR count). The van der Waals surface area contributed by atoms with E-state index < -0.39 is 0 Å². The Morgan fingerprint density at radius 1 is 0.913 bits per heavy atom. The van der Waals surface area contributed by atoms with Gasteiger partial charge in [-0.25, -0.2) is 0 Å². The van der Waals surface area contributed by atoms with E-state index in [-0.39, 0.29) is 11.8 Å². The van der Waals surface area contributed by atoms with Crippen molar-refractivity contribution in [3.05, 3.63) is 58.3 Å². The van der Waals surface area contributed by atoms with Gasteiger partial charge < -0.3 is 10.6 Å². The predicted molar refractivity (Wildman–Crippen MR) is 93.7 cm³/mol. The maximum atomic E-state index is 11.8. The topological polar surface area (TPSA) is 58.2 Å². The van der Waals surface area contributed by atoms with Crippen molar-refractivity contribution < 1.29 is 9.59 Å². The largest absolute Gasteiger partial charge is 0.354 e. The van der Waals surface area contributed by atoms with Gasteiger partial charge in [0.05, 0.1) is 0 Å². The molecule has 23 heavy (non-hydrogen) atoms. The lowest BCUT2D eigenvalue weighted by Crippen LogP contribution is -2.34. The number of unbranched alkanes of at least 4 members (excludes halogenated alkanes) is 1. The van der Waals surface area contributed by atoms with Crippen molar-refractivity contribution in [3.8, 4) is 0 Å². The maximum Gasteiger partial charge on any atom is 0.251 e. The molecule has 0 aliphatic rings. The molecule has 0 unspecified atom stereocenters. The standard InChI is InChI=1S/C18H22N2O2S/c21-17(11-5-4-9-16-10-6-14-23-16)19-12-13-20-18(22)15-7-2-1-3-8-15/h1-3,6-8,10,14H,4-5,9,11-13H2,(H,19,21)(H,20,22). The van der Waals surface area contributed by atoms with Crippen LogP contribution in [0.4, 0.5) is 0 Å². The van der Waals surface area contributed by atoms with E-state index in [1.807, 2.05) is 18.2 Å². The number of carbonyl (C=O) groups is 2. The molecule has 0 atom stereocenters. The van der Waals surface area contributed by atoms with E-state index in [1.54, 1.807) is 23.5 Å². The molecule has 0 radical (unpaired) electrons. The van der Waals surface area contributed by atoms with Gasteiger partial charge in [-0.15, -0.1) is 11.3 Å². The average molecular weight is 330 g/mol. The van der Waals surface area contributed by atoms with Crippen LogP contribution in [0.2, 0.25) is 0 Å². The van der Waals surface area contributed by atoms with Crippen molar-refractivity contribution in [2.75, 3.05) is 13.1 Å². The van der Waals surface area contributed by atoms with Crippen LogP contribution < -0.4 is 10.6 Å². The smallest absolute Gasteiger partial charge is 0.251 e. The van der Waals surface area contributed by atoms with E-state index >= 15 is 0 Å². The zero-order chi connectivity index (χ0) is 16.3. The normalized spacial score (nSPS) is 10.3. The Balaban J connectivity index is 1.50. The molecule has 4 nitrogen and oxygen atoms in total. The van der Waals surface area contributed by atoms with E-state index in [4.69, 9.17) is 0 Å². The van der Waals surface area contributed by atoms with Crippen molar-refractivity contribution in [2.45, 2.75) is 25.7 Å². The highest BCUT2D eigenvalue weighted by Crippen LogP contribution is 2.12. The number of carbonyl (C=O) groups excluding carboxylic acids is 2. The second-order valence-corrected chi connectivity index (χ2v) is 6.29. The highest BCUT2D eigenvalue weighted by Gasteiger charge is 2.04. The Kier molecular flexibility index (Phi) is 7.33. The fraction of sp³-hybridized carbons (Fsp3) is 0.333. The van der Waals surface area contributed by atoms with Gasteiger partial charge in [0.25, 0.3) is 5.91 Å². The molecule has 1 aromatic heterocycles. The van der Waals surface area contributed by atoms with E-state index in [0.29, 0.717) is 25.1 Å². The summed E-state index contributed by atoms with van der Waals surface area (Å²) in [6.07, 6.45) is 3.49. The molecule has 0 aliphatic carbocycles. The molecule has 0 saturated heterocycles. The van der Waals surface area contributed by atoms with Crippen molar-refractivity contribution in [3.63, 3.8) is 0 Å². The molecule has 0 aliphatic heterocycles. The van der Waals surface area contributed by atoms with Gasteiger partial charge >= 0.3 is 0 Å². The quantitative estimate of drug-likeness (QED) is 0.694. The van der Waals surface area contributed by atoms with E-state index in [2.05, 4.69) is 28.1 Å². The highest BCUT2D eigenvalue weighted by atomic mass is 32.1. The Bertz CT molecular complexity index is 597. The lowest BCUT2D eigenvalue weighted by Gasteiger charge is -2.07. The van der Waals surface area contributed by atoms with Crippen molar-refractivity contribution in [1.29, 1.82) is 0 Å². The first-order valence-corrected chi connectivity index (χ1v) is 8.76. The van der Waals surface area contributed by atoms with Gasteiger partial charge in [-0.3, -0.25) is 9.59 Å². The zero-order valence-corrected chi connectivity index (χ0v) is 13.9. The predicted octanol–water partition coefficient (Wildman–Crippen LogP) is 3.01. The monoisotopic (exact) mass is 330 g/mol. The fourth-order valence-electron chi connectivity index (χ4n) is 2.20. The molecule has 2 N–H and O–H groups in total. The SMILES string of the molecule is O=C(CCCCc1cccs1)NCCNC(=O)c1ccccc1. The first-order valence-electron chi connectivity index (χ1n) is 7.88. The third kappa shape index (κ3) is 6.65. The number of nitrogens with one attached hydrogen (secondary N) is 2. The molecule has 0 fully saturated rings. The van der Waals surface area contributed by atoms with Crippen molar-refractivity contribution in [1.82, 2.24) is 10.6 Å². The van der Waals surface area contributed by atoms with Gasteiger partial charge in [0, 0.05) is 30.0 Å². The molecule has 5 heteroatoms. The molecule has 1 heterocycles. The number of hydrogen-bond donors (Lipinski definition) is 2. The second kappa shape index (κ2) is 9.79. The Labute approximate surface area is 140 Å². The number of amides is 2. The summed E-state index contributed by atoms with van der Waals surface area (Å²) in [5, 5.41) is 7.70. The lowest BCUT2D eigenvalue weighted by atomic mass is 10.1. The number of thiophene rings is 1. The molecular formula is C18H22N2O2S. The maximum absolute atomic E-state index is 11.8. The number of rotatable bonds is 9. The van der Waals surface area contributed by atoms with E-state index in [0.717, 1.165) is 19.3 Å². The third-order valence-electron chi connectivity index (χ3n) is 3.43. The third-order valence-corrected chi connectivity index (χ3v) is 4.36. The van der Waals surface area contributed by atoms with Gasteiger partial charge in [-0.2, -0.15) is 0 Å². The Hall–Kier alpha value is -2.14. The van der Waals surface area contributed by atoms with Crippen LogP contribution in [0.1, 0.15) is 34.5 Å². The minimum absolute atomic E-state index is 0.0464. The molecule has 2 aromatic rings. The summed E-state index contributed by atoms with van der Waals surface area (Å²) in [7, 11) is 0. The van der Waals surface area contributed by atoms with Crippen molar-refractivity contribution in [2.24, 2.45) is 0 Å². The summed E-state index contributed by atoms with van der Waals surface area (Å²) in [5.74, 6) is -0.0686. The summed E-state index contributed by atoms with van der Waals surface area (Å²) >= 11 is 1.76. The van der Waals surface area contributed by atoms with Gasteiger partial charge in [0.15, 0.2) is 0 Å². The molecule has 122 valence electrons. The number of benzene rings is 1. The molecule has 2 amide bonds. The Morgan fingerprint density at radius 3 is 2.43 bits per heavy atom. The zero-order valence-electron chi connectivity index (χ0n) is 13.1. The van der Waals surface area contributed by atoms with Crippen LogP contribution >= 0.6 is 11.3 Å². The van der Waals surface area contributed by atoms with Gasteiger partial charge in [0.1, 0.15) is 0 Å². The van der Waals surface area contributed by atoms with Crippen LogP contribution in [0.25, 0.3) is 0 Å². The number of hydrogen-bond acceptors (Lipinski definition) is 3. The van der Waals surface area contributed by atoms with Gasteiger partial charge in [0.2, 0.25) is 5.91 Å². The first kappa shape index (κ1) is 17.2. The summed E-state index contributed by atoms with van der Waals surface area (Å²) < 4.78 is 0. The number of aryl methyl sites for hydroxylation is 1. The summed E-state index contributed by atoms with van der Waals surface area (Å²) in [4.78, 5) is 24.9. The highest BCUT2D eigenvalue weighted by molar-refractivity contribution is 7.09. The lowest BCUT2D eigenvalue weighted by molar-refractivity contribution is -0.121. The van der Waals surface area contributed by atoms with Crippen molar-refractivity contribution >= 4 is 23.2 Å². The van der Waals surface area contributed by atoms with Crippen LogP contribution in [0, 0.1) is 0 Å². The minimum Gasteiger partial charge on any atom is -0.354 e. The van der Waals surface area contributed by atoms with Crippen LogP contribution in [0.3, 0.4) is 0 Å². The van der Waals surface area contributed by atoms with Crippen LogP contribution in [0.15, 0.2) is 47.8 Å². The van der Waals surface area contributed by atoms with E-state index in [1.165, 1.54) is 4.88 Å². The van der Waals surface area contributed by atoms with Gasteiger partial charge in [-0.1, -0.05) is 24.3 Å². The molecule has 0 bridgehead atoms. The van der Waals surface area contributed by atoms with Gasteiger partial charge in [-0.05, 0) is 42.8 Å². The fourth-order valence-corrected chi connectivity index (χ4v) is 2.95. The Morgan fingerprint density at radius 2 is 1.70 bits per heavy atom.